The second kappa shape index (κ2) is 10.3. The molecule has 0 aliphatic carbocycles. The first-order valence-corrected chi connectivity index (χ1v) is 10.2. The first-order chi connectivity index (χ1) is 15.7. The van der Waals surface area contributed by atoms with E-state index in [2.05, 4.69) is 30.8 Å². The fourth-order valence-electron chi connectivity index (χ4n) is 3.33. The number of nitrogens with one attached hydrogen (secondary N) is 3. The molecule has 32 heavy (non-hydrogen) atoms. The molecule has 1 amide bonds. The van der Waals surface area contributed by atoms with Gasteiger partial charge in [-0.1, -0.05) is 36.4 Å². The molecule has 0 saturated carbocycles. The molecule has 8 heteroatoms. The van der Waals surface area contributed by atoms with Gasteiger partial charge in [-0.15, -0.1) is 0 Å². The van der Waals surface area contributed by atoms with Crippen molar-refractivity contribution in [3.63, 3.8) is 0 Å². The van der Waals surface area contributed by atoms with Gasteiger partial charge in [-0.05, 0) is 30.2 Å². The molecule has 0 fully saturated rings. The second-order valence-corrected chi connectivity index (χ2v) is 7.20. The van der Waals surface area contributed by atoms with E-state index in [-0.39, 0.29) is 5.91 Å². The van der Waals surface area contributed by atoms with E-state index in [1.165, 1.54) is 7.11 Å². The number of nitrogens with zero attached hydrogens (tertiary/aromatic N) is 3. The van der Waals surface area contributed by atoms with Crippen molar-refractivity contribution in [3.05, 3.63) is 90.6 Å². The standard InChI is InChI=1S/C24H24N6O2/c1-32-24-22(12-18(13-27-24)19-14-28-29-15-19)30-23(31)21(11-17-7-3-2-4-8-17)26-16-20-9-5-6-10-25-20/h2-10,12-15,21,26H,11,16H2,1H3,(H,28,29)(H,30,31)/t21-/m0/s1. The molecule has 3 N–H and O–H groups in total. The summed E-state index contributed by atoms with van der Waals surface area (Å²) < 4.78 is 5.37. The summed E-state index contributed by atoms with van der Waals surface area (Å²) in [7, 11) is 1.52. The van der Waals surface area contributed by atoms with Crippen molar-refractivity contribution in [2.24, 2.45) is 0 Å². The fraction of sp³-hybridized carbons (Fsp3) is 0.167. The summed E-state index contributed by atoms with van der Waals surface area (Å²) in [6.45, 7) is 0.468. The van der Waals surface area contributed by atoms with Gasteiger partial charge in [0.1, 0.15) is 5.69 Å². The first-order valence-electron chi connectivity index (χ1n) is 10.2. The van der Waals surface area contributed by atoms with Crippen LogP contribution in [0.4, 0.5) is 5.69 Å². The molecule has 0 aliphatic rings. The Kier molecular flexibility index (Phi) is 6.84. The van der Waals surface area contributed by atoms with Crippen LogP contribution in [-0.2, 0) is 17.8 Å². The van der Waals surface area contributed by atoms with Crippen molar-refractivity contribution in [2.45, 2.75) is 19.0 Å². The maximum Gasteiger partial charge on any atom is 0.242 e. The molecule has 0 radical (unpaired) electrons. The maximum absolute atomic E-state index is 13.3. The molecule has 3 heterocycles. The molecule has 0 bridgehead atoms. The van der Waals surface area contributed by atoms with E-state index in [0.29, 0.717) is 24.5 Å². The Bertz CT molecular complexity index is 1130. The number of ether oxygens (including phenoxy) is 1. The third-order valence-corrected chi connectivity index (χ3v) is 4.99. The predicted molar refractivity (Wildman–Crippen MR) is 122 cm³/mol. The van der Waals surface area contributed by atoms with Crippen molar-refractivity contribution in [1.82, 2.24) is 25.5 Å². The summed E-state index contributed by atoms with van der Waals surface area (Å²) in [5.41, 5.74) is 4.09. The van der Waals surface area contributed by atoms with Gasteiger partial charge in [-0.3, -0.25) is 20.2 Å². The predicted octanol–water partition coefficient (Wildman–Crippen LogP) is 3.21. The third-order valence-electron chi connectivity index (χ3n) is 4.99. The van der Waals surface area contributed by atoms with Crippen molar-refractivity contribution in [2.75, 3.05) is 12.4 Å². The maximum atomic E-state index is 13.3. The number of aromatic nitrogens is 4. The molecular formula is C24H24N6O2. The zero-order chi connectivity index (χ0) is 22.2. The van der Waals surface area contributed by atoms with E-state index in [9.17, 15) is 4.79 Å². The van der Waals surface area contributed by atoms with Gasteiger partial charge in [0.15, 0.2) is 0 Å². The van der Waals surface area contributed by atoms with Crippen molar-refractivity contribution in [3.8, 4) is 17.0 Å². The number of hydrogen-bond donors (Lipinski definition) is 3. The minimum Gasteiger partial charge on any atom is -0.480 e. The van der Waals surface area contributed by atoms with Gasteiger partial charge < -0.3 is 10.1 Å². The highest BCUT2D eigenvalue weighted by Gasteiger charge is 2.21. The lowest BCUT2D eigenvalue weighted by molar-refractivity contribution is -0.118. The molecule has 0 saturated heterocycles. The van der Waals surface area contributed by atoms with Crippen LogP contribution in [0.1, 0.15) is 11.3 Å². The molecule has 3 aromatic heterocycles. The summed E-state index contributed by atoms with van der Waals surface area (Å²) in [4.78, 5) is 22.0. The van der Waals surface area contributed by atoms with Gasteiger partial charge in [-0.25, -0.2) is 4.98 Å². The van der Waals surface area contributed by atoms with E-state index < -0.39 is 6.04 Å². The number of amides is 1. The topological polar surface area (TPSA) is 105 Å². The summed E-state index contributed by atoms with van der Waals surface area (Å²) >= 11 is 0. The number of aromatic amines is 1. The smallest absolute Gasteiger partial charge is 0.242 e. The average molecular weight is 428 g/mol. The highest BCUT2D eigenvalue weighted by Crippen LogP contribution is 2.28. The summed E-state index contributed by atoms with van der Waals surface area (Å²) in [6.07, 6.45) is 7.40. The van der Waals surface area contributed by atoms with Crippen LogP contribution >= 0.6 is 0 Å². The highest BCUT2D eigenvalue weighted by atomic mass is 16.5. The molecule has 1 aromatic carbocycles. The fourth-order valence-corrected chi connectivity index (χ4v) is 3.33. The number of hydrogen-bond acceptors (Lipinski definition) is 6. The van der Waals surface area contributed by atoms with E-state index in [1.54, 1.807) is 24.8 Å². The minimum absolute atomic E-state index is 0.186. The Morgan fingerprint density at radius 1 is 1.06 bits per heavy atom. The Labute approximate surface area is 186 Å². The molecule has 0 unspecified atom stereocenters. The van der Waals surface area contributed by atoms with E-state index in [0.717, 1.165) is 22.4 Å². The molecule has 4 rings (SSSR count). The van der Waals surface area contributed by atoms with Crippen LogP contribution in [0.25, 0.3) is 11.1 Å². The number of pyridine rings is 2. The Morgan fingerprint density at radius 3 is 2.62 bits per heavy atom. The van der Waals surface area contributed by atoms with Gasteiger partial charge in [0, 0.05) is 36.3 Å². The monoisotopic (exact) mass is 428 g/mol. The molecular weight excluding hydrogens is 404 g/mol. The van der Waals surface area contributed by atoms with Crippen LogP contribution < -0.4 is 15.4 Å². The molecule has 4 aromatic rings. The molecule has 0 spiro atoms. The lowest BCUT2D eigenvalue weighted by Gasteiger charge is -2.19. The van der Waals surface area contributed by atoms with Gasteiger partial charge in [0.2, 0.25) is 11.8 Å². The van der Waals surface area contributed by atoms with E-state index in [1.807, 2.05) is 54.6 Å². The lowest BCUT2D eigenvalue weighted by Crippen LogP contribution is -2.42. The molecule has 8 nitrogen and oxygen atoms in total. The van der Waals surface area contributed by atoms with Gasteiger partial charge in [0.05, 0.1) is 25.0 Å². The number of H-pyrrole nitrogens is 1. The number of carbonyl (C=O) groups excluding carboxylic acids is 1. The van der Waals surface area contributed by atoms with Crippen LogP contribution in [0.5, 0.6) is 5.88 Å². The van der Waals surface area contributed by atoms with Crippen LogP contribution in [-0.4, -0.2) is 39.2 Å². The second-order valence-electron chi connectivity index (χ2n) is 7.20. The molecule has 0 aliphatic heterocycles. The lowest BCUT2D eigenvalue weighted by atomic mass is 10.0. The first kappa shape index (κ1) is 21.2. The largest absolute Gasteiger partial charge is 0.480 e. The van der Waals surface area contributed by atoms with Crippen LogP contribution in [0.3, 0.4) is 0 Å². The van der Waals surface area contributed by atoms with Crippen LogP contribution in [0.2, 0.25) is 0 Å². The van der Waals surface area contributed by atoms with Crippen molar-refractivity contribution < 1.29 is 9.53 Å². The average Bonchev–Trinajstić information content (AvgIpc) is 3.38. The number of methoxy groups -OCH3 is 1. The Balaban J connectivity index is 1.55. The van der Waals surface area contributed by atoms with Crippen LogP contribution in [0, 0.1) is 0 Å². The number of benzene rings is 1. The van der Waals surface area contributed by atoms with E-state index in [4.69, 9.17) is 4.74 Å². The SMILES string of the molecule is COc1ncc(-c2cn[nH]c2)cc1NC(=O)[C@H](Cc1ccccc1)NCc1ccccn1. The third kappa shape index (κ3) is 5.35. The molecule has 1 atom stereocenters. The number of rotatable bonds is 9. The molecule has 162 valence electrons. The summed E-state index contributed by atoms with van der Waals surface area (Å²) in [5.74, 6) is 0.156. The number of carbonyl (C=O) groups is 1. The Hall–Kier alpha value is -4.04. The van der Waals surface area contributed by atoms with Gasteiger partial charge in [-0.2, -0.15) is 5.10 Å². The number of anilines is 1. The quantitative estimate of drug-likeness (QED) is 0.378. The van der Waals surface area contributed by atoms with E-state index >= 15 is 0 Å². The summed E-state index contributed by atoms with van der Waals surface area (Å²) in [6, 6.07) is 16.9. The van der Waals surface area contributed by atoms with Crippen molar-refractivity contribution >= 4 is 11.6 Å². The van der Waals surface area contributed by atoms with Crippen molar-refractivity contribution in [1.29, 1.82) is 0 Å². The summed E-state index contributed by atoms with van der Waals surface area (Å²) in [5, 5.41) is 13.1. The normalized spacial score (nSPS) is 11.7. The zero-order valence-corrected chi connectivity index (χ0v) is 17.7. The van der Waals surface area contributed by atoms with Gasteiger partial charge >= 0.3 is 0 Å². The highest BCUT2D eigenvalue weighted by molar-refractivity contribution is 5.96. The Morgan fingerprint density at radius 2 is 1.91 bits per heavy atom. The zero-order valence-electron chi connectivity index (χ0n) is 17.7. The minimum atomic E-state index is -0.485. The van der Waals surface area contributed by atoms with Gasteiger partial charge in [0.25, 0.3) is 0 Å². The van der Waals surface area contributed by atoms with Crippen LogP contribution in [0.15, 0.2) is 79.4 Å².